The monoisotopic (exact) mass is 810 g/mol. The summed E-state index contributed by atoms with van der Waals surface area (Å²) in [4.78, 5) is 0. The van der Waals surface area contributed by atoms with E-state index in [2.05, 4.69) is 240 Å². The third kappa shape index (κ3) is 3.95. The lowest BCUT2D eigenvalue weighted by Crippen LogP contribution is -2.43. The molecule has 0 bridgehead atoms. The Kier molecular flexibility index (Phi) is 6.58. The van der Waals surface area contributed by atoms with Gasteiger partial charge in [-0.05, 0) is 104 Å². The summed E-state index contributed by atoms with van der Waals surface area (Å²) < 4.78 is 4.95. The van der Waals surface area contributed by atoms with Crippen LogP contribution in [0.2, 0.25) is 0 Å². The highest BCUT2D eigenvalue weighted by atomic mass is 15.0. The fraction of sp³-hybridized carbons (Fsp3) is 0.0323. The zero-order valence-electron chi connectivity index (χ0n) is 34.8. The van der Waals surface area contributed by atoms with Crippen LogP contribution in [0.25, 0.3) is 77.2 Å². The first-order valence-corrected chi connectivity index (χ1v) is 22.4. The van der Waals surface area contributed by atoms with E-state index in [9.17, 15) is 0 Å². The van der Waals surface area contributed by atoms with Crippen LogP contribution in [0.15, 0.2) is 231 Å². The molecule has 12 aromatic rings. The Labute approximate surface area is 370 Å². The molecular weight excluding hydrogens is 773 g/mol. The standard InChI is InChI=1S/C62H38N2/c1-7-23-48-41(17-1)42-18-2-8-24-49(42)61(48)51-26-10-12-28-53(51)62(54-29-13-11-27-52(54)61)50-25-9-3-22-47(50)59-55(62)38-37-46-45-21-6-16-32-58(45)64(60(46)59)40-35-33-39(34-36-40)63-56-30-14-4-19-43(56)44-20-5-15-31-57(44)63/h1-38H. The second-order valence-electron chi connectivity index (χ2n) is 17.9. The molecule has 296 valence electrons. The number of aromatic nitrogens is 2. The van der Waals surface area contributed by atoms with Gasteiger partial charge in [0.2, 0.25) is 0 Å². The van der Waals surface area contributed by atoms with E-state index in [-0.39, 0.29) is 0 Å². The summed E-state index contributed by atoms with van der Waals surface area (Å²) in [5, 5.41) is 5.06. The third-order valence-electron chi connectivity index (χ3n) is 15.2. The summed E-state index contributed by atoms with van der Waals surface area (Å²) in [6, 6.07) is 87.0. The number of hydrogen-bond donors (Lipinski definition) is 0. The zero-order chi connectivity index (χ0) is 41.7. The Hall–Kier alpha value is -8.20. The molecule has 0 radical (unpaired) electrons. The van der Waals surface area contributed by atoms with E-state index in [1.807, 2.05) is 0 Å². The second kappa shape index (κ2) is 12.2. The zero-order valence-corrected chi connectivity index (χ0v) is 34.8. The van der Waals surface area contributed by atoms with Crippen molar-refractivity contribution >= 4 is 43.6 Å². The summed E-state index contributed by atoms with van der Waals surface area (Å²) in [7, 11) is 0. The molecule has 64 heavy (non-hydrogen) atoms. The SMILES string of the molecule is c1ccc2c(c1)-c1ccccc1C21c2ccccc2C2(c3ccccc3-c3c2ccc2c4ccccc4n(-c4ccc(-n5c6ccccc6c6ccccc65)cc4)c32)c2ccccc21. The molecular formula is C62H38N2. The molecule has 0 aliphatic heterocycles. The number of fused-ring (bicyclic) bond motifs is 23. The Morgan fingerprint density at radius 3 is 1.08 bits per heavy atom. The molecule has 0 unspecified atom stereocenters. The maximum absolute atomic E-state index is 2.54. The highest BCUT2D eigenvalue weighted by Crippen LogP contribution is 2.68. The summed E-state index contributed by atoms with van der Waals surface area (Å²) in [6.07, 6.45) is 0. The molecule has 0 N–H and O–H groups in total. The van der Waals surface area contributed by atoms with Gasteiger partial charge in [-0.25, -0.2) is 0 Å². The van der Waals surface area contributed by atoms with Gasteiger partial charge in [0, 0.05) is 38.5 Å². The summed E-state index contributed by atoms with van der Waals surface area (Å²) >= 11 is 0. The lowest BCUT2D eigenvalue weighted by Gasteiger charge is -2.48. The maximum atomic E-state index is 2.54. The van der Waals surface area contributed by atoms with Crippen molar-refractivity contribution in [3.63, 3.8) is 0 Å². The first-order chi connectivity index (χ1) is 31.8. The number of rotatable bonds is 2. The van der Waals surface area contributed by atoms with Crippen molar-refractivity contribution in [3.8, 4) is 33.6 Å². The van der Waals surface area contributed by atoms with Crippen molar-refractivity contribution in [2.75, 3.05) is 0 Å². The second-order valence-corrected chi connectivity index (χ2v) is 17.9. The summed E-state index contributed by atoms with van der Waals surface area (Å²) in [6.45, 7) is 0. The molecule has 2 spiro atoms. The van der Waals surface area contributed by atoms with Crippen LogP contribution in [0.3, 0.4) is 0 Å². The Bertz CT molecular complexity index is 3820. The van der Waals surface area contributed by atoms with Gasteiger partial charge < -0.3 is 9.13 Å². The number of benzene rings is 10. The van der Waals surface area contributed by atoms with E-state index in [1.165, 1.54) is 110 Å². The summed E-state index contributed by atoms with van der Waals surface area (Å²) in [5.41, 5.74) is 22.2. The fourth-order valence-electron chi connectivity index (χ4n) is 13.0. The van der Waals surface area contributed by atoms with Crippen molar-refractivity contribution in [1.29, 1.82) is 0 Å². The van der Waals surface area contributed by atoms with E-state index in [0.29, 0.717) is 0 Å². The molecule has 0 atom stereocenters. The van der Waals surface area contributed by atoms with Crippen LogP contribution in [0.1, 0.15) is 44.5 Å². The van der Waals surface area contributed by atoms with Crippen LogP contribution in [-0.4, -0.2) is 9.13 Å². The molecule has 0 saturated heterocycles. The van der Waals surface area contributed by atoms with Crippen LogP contribution >= 0.6 is 0 Å². The van der Waals surface area contributed by atoms with Crippen LogP contribution in [-0.2, 0) is 10.8 Å². The largest absolute Gasteiger partial charge is 0.309 e. The van der Waals surface area contributed by atoms with Gasteiger partial charge in [0.05, 0.1) is 32.9 Å². The van der Waals surface area contributed by atoms with Crippen molar-refractivity contribution in [2.45, 2.75) is 10.8 Å². The van der Waals surface area contributed by atoms with Crippen LogP contribution in [0.4, 0.5) is 0 Å². The van der Waals surface area contributed by atoms with Gasteiger partial charge in [0.15, 0.2) is 0 Å². The van der Waals surface area contributed by atoms with E-state index >= 15 is 0 Å². The third-order valence-corrected chi connectivity index (χ3v) is 15.2. The highest BCUT2D eigenvalue weighted by molar-refractivity contribution is 6.16. The Morgan fingerprint density at radius 1 is 0.234 bits per heavy atom. The summed E-state index contributed by atoms with van der Waals surface area (Å²) in [5.74, 6) is 0. The molecule has 3 aliphatic rings. The van der Waals surface area contributed by atoms with E-state index in [0.717, 1.165) is 11.4 Å². The van der Waals surface area contributed by atoms with Crippen LogP contribution in [0.5, 0.6) is 0 Å². The molecule has 0 amide bonds. The minimum Gasteiger partial charge on any atom is -0.309 e. The smallest absolute Gasteiger partial charge is 0.0720 e. The highest BCUT2D eigenvalue weighted by Gasteiger charge is 2.59. The lowest BCUT2D eigenvalue weighted by molar-refractivity contribution is 0.633. The van der Waals surface area contributed by atoms with E-state index in [1.54, 1.807) is 0 Å². The van der Waals surface area contributed by atoms with Crippen molar-refractivity contribution in [2.24, 2.45) is 0 Å². The van der Waals surface area contributed by atoms with Gasteiger partial charge in [-0.2, -0.15) is 0 Å². The number of hydrogen-bond acceptors (Lipinski definition) is 0. The molecule has 3 aliphatic carbocycles. The first kappa shape index (κ1) is 34.4. The Balaban J connectivity index is 1.04. The molecule has 2 heterocycles. The van der Waals surface area contributed by atoms with Gasteiger partial charge in [-0.3, -0.25) is 0 Å². The van der Waals surface area contributed by atoms with Gasteiger partial charge >= 0.3 is 0 Å². The van der Waals surface area contributed by atoms with Crippen molar-refractivity contribution in [3.05, 3.63) is 275 Å². The topological polar surface area (TPSA) is 9.86 Å². The lowest BCUT2D eigenvalue weighted by atomic mass is 9.52. The molecule has 2 heteroatoms. The van der Waals surface area contributed by atoms with E-state index < -0.39 is 10.8 Å². The minimum absolute atomic E-state index is 0.472. The molecule has 10 aromatic carbocycles. The first-order valence-electron chi connectivity index (χ1n) is 22.4. The minimum atomic E-state index is -0.563. The van der Waals surface area contributed by atoms with Crippen LogP contribution < -0.4 is 0 Å². The molecule has 0 fully saturated rings. The fourth-order valence-corrected chi connectivity index (χ4v) is 13.0. The van der Waals surface area contributed by atoms with Gasteiger partial charge in [0.1, 0.15) is 0 Å². The average Bonchev–Trinajstić information content (AvgIpc) is 4.07. The molecule has 0 saturated carbocycles. The molecule has 2 aromatic heterocycles. The van der Waals surface area contributed by atoms with Gasteiger partial charge in [0.25, 0.3) is 0 Å². The predicted molar refractivity (Wildman–Crippen MR) is 263 cm³/mol. The maximum Gasteiger partial charge on any atom is 0.0720 e. The average molecular weight is 811 g/mol. The molecule has 15 rings (SSSR count). The molecule has 2 nitrogen and oxygen atoms in total. The van der Waals surface area contributed by atoms with E-state index in [4.69, 9.17) is 0 Å². The number of nitrogens with zero attached hydrogens (tertiary/aromatic N) is 2. The number of para-hydroxylation sites is 3. The Morgan fingerprint density at radius 2 is 0.578 bits per heavy atom. The van der Waals surface area contributed by atoms with Crippen molar-refractivity contribution in [1.82, 2.24) is 9.13 Å². The van der Waals surface area contributed by atoms with Gasteiger partial charge in [-0.1, -0.05) is 188 Å². The normalized spacial score (nSPS) is 14.5. The van der Waals surface area contributed by atoms with Crippen LogP contribution in [0, 0.1) is 0 Å². The quantitative estimate of drug-likeness (QED) is 0.165. The predicted octanol–water partition coefficient (Wildman–Crippen LogP) is 14.9. The van der Waals surface area contributed by atoms with Gasteiger partial charge in [-0.15, -0.1) is 0 Å². The van der Waals surface area contributed by atoms with Crippen molar-refractivity contribution < 1.29 is 0 Å².